The van der Waals surface area contributed by atoms with Crippen molar-refractivity contribution in [1.29, 1.82) is 0 Å². The second kappa shape index (κ2) is 14.3. The van der Waals surface area contributed by atoms with Gasteiger partial charge < -0.3 is 9.47 Å². The number of carbonyl (C=O) groups is 2. The monoisotopic (exact) mass is 432 g/mol. The fourth-order valence-corrected chi connectivity index (χ4v) is 3.58. The molecule has 4 nitrogen and oxygen atoms in total. The first-order valence-corrected chi connectivity index (χ1v) is 11.9. The number of hydrogen-bond acceptors (Lipinski definition) is 4. The van der Waals surface area contributed by atoms with Crippen LogP contribution < -0.4 is 0 Å². The molecule has 0 radical (unpaired) electrons. The van der Waals surface area contributed by atoms with Gasteiger partial charge in [0, 0.05) is 0 Å². The predicted molar refractivity (Wildman–Crippen MR) is 128 cm³/mol. The number of carbonyl (C=O) groups excluding carboxylic acids is 2. The molecule has 0 aromatic rings. The molecule has 0 aromatic heterocycles. The molecule has 1 rings (SSSR count). The molecule has 0 aromatic carbocycles. The van der Waals surface area contributed by atoms with E-state index in [-0.39, 0.29) is 23.8 Å². The second-order valence-electron chi connectivity index (χ2n) is 9.97. The van der Waals surface area contributed by atoms with Gasteiger partial charge in [-0.15, -0.1) is 0 Å². The van der Waals surface area contributed by atoms with Gasteiger partial charge in [0.15, 0.2) is 0 Å². The zero-order valence-corrected chi connectivity index (χ0v) is 20.8. The van der Waals surface area contributed by atoms with Crippen LogP contribution in [0.1, 0.15) is 87.0 Å². The Kier molecular flexibility index (Phi) is 12.5. The number of allylic oxidation sites excluding steroid dienone is 6. The van der Waals surface area contributed by atoms with Gasteiger partial charge in [-0.25, -0.2) is 0 Å². The molecule has 2 atom stereocenters. The van der Waals surface area contributed by atoms with Crippen LogP contribution in [0.3, 0.4) is 0 Å². The summed E-state index contributed by atoms with van der Waals surface area (Å²) in [5, 5.41) is 0. The van der Waals surface area contributed by atoms with Crippen molar-refractivity contribution >= 4 is 11.9 Å². The van der Waals surface area contributed by atoms with Crippen LogP contribution in [0.25, 0.3) is 0 Å². The molecule has 0 bridgehead atoms. The maximum absolute atomic E-state index is 12.8. The van der Waals surface area contributed by atoms with Crippen molar-refractivity contribution in [2.24, 2.45) is 23.7 Å². The smallest absolute Gasteiger partial charge is 0.310 e. The summed E-state index contributed by atoms with van der Waals surface area (Å²) in [5.74, 6) is -0.875. The van der Waals surface area contributed by atoms with E-state index in [1.54, 1.807) is 0 Å². The molecule has 1 aliphatic carbocycles. The molecule has 0 amide bonds. The number of rotatable bonds is 12. The van der Waals surface area contributed by atoms with E-state index < -0.39 is 11.8 Å². The normalized spacial score (nSPS) is 19.3. The summed E-state index contributed by atoms with van der Waals surface area (Å²) in [6.45, 7) is 15.3. The summed E-state index contributed by atoms with van der Waals surface area (Å²) in [6.07, 6.45) is 11.9. The molecule has 0 N–H and O–H groups in total. The van der Waals surface area contributed by atoms with Crippen molar-refractivity contribution in [1.82, 2.24) is 0 Å². The average Bonchev–Trinajstić information content (AvgIpc) is 2.69. The summed E-state index contributed by atoms with van der Waals surface area (Å²) in [4.78, 5) is 25.4. The van der Waals surface area contributed by atoms with E-state index in [4.69, 9.17) is 9.47 Å². The van der Waals surface area contributed by atoms with Crippen LogP contribution in [0.2, 0.25) is 0 Å². The van der Waals surface area contributed by atoms with Crippen LogP contribution in [-0.4, -0.2) is 25.2 Å². The highest BCUT2D eigenvalue weighted by Crippen LogP contribution is 2.34. The van der Waals surface area contributed by atoms with Gasteiger partial charge >= 0.3 is 11.9 Å². The Balaban J connectivity index is 2.73. The van der Waals surface area contributed by atoms with Gasteiger partial charge in [0.1, 0.15) is 0 Å². The summed E-state index contributed by atoms with van der Waals surface area (Å²) in [6, 6.07) is 0. The Bertz CT molecular complexity index is 663. The molecule has 1 aliphatic rings. The lowest BCUT2D eigenvalue weighted by atomic mass is 9.78. The van der Waals surface area contributed by atoms with Gasteiger partial charge in [-0.2, -0.15) is 0 Å². The molecule has 4 heteroatoms. The lowest BCUT2D eigenvalue weighted by molar-refractivity contribution is -0.162. The molecule has 0 fully saturated rings. The van der Waals surface area contributed by atoms with Crippen molar-refractivity contribution in [3.63, 3.8) is 0 Å². The van der Waals surface area contributed by atoms with Crippen LogP contribution in [0.5, 0.6) is 0 Å². The Morgan fingerprint density at radius 1 is 0.935 bits per heavy atom. The Morgan fingerprint density at radius 3 is 2.06 bits per heavy atom. The van der Waals surface area contributed by atoms with Crippen molar-refractivity contribution in [3.8, 4) is 0 Å². The molecular weight excluding hydrogens is 388 g/mol. The number of ether oxygens (including phenoxy) is 2. The minimum atomic E-state index is -0.443. The number of esters is 2. The topological polar surface area (TPSA) is 52.6 Å². The lowest BCUT2D eigenvalue weighted by Gasteiger charge is -2.29. The molecule has 176 valence electrons. The van der Waals surface area contributed by atoms with E-state index in [1.165, 1.54) is 16.7 Å². The standard InChI is InChI=1S/C27H44O4/c1-19(2)10-8-11-22(7)12-9-13-23-14-15-24(26(28)30-17-20(3)4)25(16-23)27(29)31-18-21(5)6/h10,12,14,20-21,24-25H,8-9,11,13,15-18H2,1-7H3/b22-12+. The van der Waals surface area contributed by atoms with E-state index in [9.17, 15) is 9.59 Å². The first-order valence-electron chi connectivity index (χ1n) is 11.9. The van der Waals surface area contributed by atoms with Gasteiger partial charge in [0.2, 0.25) is 0 Å². The Morgan fingerprint density at radius 2 is 1.52 bits per heavy atom. The SMILES string of the molecule is CC(C)=CCC/C(C)=C/CCC1=CCC(C(=O)OCC(C)C)C(C(=O)OCC(C)C)C1. The molecule has 0 saturated heterocycles. The minimum Gasteiger partial charge on any atom is -0.465 e. The van der Waals surface area contributed by atoms with Gasteiger partial charge in [0.25, 0.3) is 0 Å². The maximum Gasteiger partial charge on any atom is 0.310 e. The first kappa shape index (κ1) is 27.2. The highest BCUT2D eigenvalue weighted by atomic mass is 16.5. The minimum absolute atomic E-state index is 0.265. The lowest BCUT2D eigenvalue weighted by Crippen LogP contribution is -2.35. The highest BCUT2D eigenvalue weighted by Gasteiger charge is 2.38. The molecule has 0 saturated carbocycles. The first-order chi connectivity index (χ1) is 14.6. The second-order valence-corrected chi connectivity index (χ2v) is 9.97. The van der Waals surface area contributed by atoms with E-state index in [0.29, 0.717) is 26.1 Å². The van der Waals surface area contributed by atoms with Crippen molar-refractivity contribution in [2.45, 2.75) is 87.0 Å². The van der Waals surface area contributed by atoms with Gasteiger partial charge in [0.05, 0.1) is 25.0 Å². The Labute approximate surface area is 190 Å². The van der Waals surface area contributed by atoms with Crippen LogP contribution in [0.15, 0.2) is 34.9 Å². The zero-order chi connectivity index (χ0) is 23.4. The molecule has 0 spiro atoms. The maximum atomic E-state index is 12.8. The summed E-state index contributed by atoms with van der Waals surface area (Å²) in [5.41, 5.74) is 4.00. The number of hydrogen-bond donors (Lipinski definition) is 0. The average molecular weight is 433 g/mol. The molecule has 0 heterocycles. The van der Waals surface area contributed by atoms with Crippen molar-refractivity contribution < 1.29 is 19.1 Å². The van der Waals surface area contributed by atoms with E-state index in [2.05, 4.69) is 39.0 Å². The van der Waals surface area contributed by atoms with Crippen LogP contribution in [-0.2, 0) is 19.1 Å². The van der Waals surface area contributed by atoms with Crippen molar-refractivity contribution in [2.75, 3.05) is 13.2 Å². The zero-order valence-electron chi connectivity index (χ0n) is 20.8. The molecule has 31 heavy (non-hydrogen) atoms. The van der Waals surface area contributed by atoms with Gasteiger partial charge in [-0.05, 0) is 71.1 Å². The van der Waals surface area contributed by atoms with Crippen LogP contribution in [0, 0.1) is 23.7 Å². The van der Waals surface area contributed by atoms with E-state index >= 15 is 0 Å². The largest absolute Gasteiger partial charge is 0.465 e. The van der Waals surface area contributed by atoms with Crippen molar-refractivity contribution in [3.05, 3.63) is 34.9 Å². The third kappa shape index (κ3) is 11.4. The fourth-order valence-electron chi connectivity index (χ4n) is 3.58. The van der Waals surface area contributed by atoms with E-state index in [1.807, 2.05) is 27.7 Å². The molecular formula is C27H44O4. The predicted octanol–water partition coefficient (Wildman–Crippen LogP) is 6.81. The summed E-state index contributed by atoms with van der Waals surface area (Å²) < 4.78 is 11.0. The Hall–Kier alpha value is -1.84. The summed E-state index contributed by atoms with van der Waals surface area (Å²) >= 11 is 0. The third-order valence-electron chi connectivity index (χ3n) is 5.40. The van der Waals surface area contributed by atoms with Gasteiger partial charge in [-0.1, -0.05) is 62.6 Å². The highest BCUT2D eigenvalue weighted by molar-refractivity contribution is 5.83. The quantitative estimate of drug-likeness (QED) is 0.251. The molecule has 2 unspecified atom stereocenters. The van der Waals surface area contributed by atoms with Crippen LogP contribution in [0.4, 0.5) is 0 Å². The molecule has 0 aliphatic heterocycles. The fraction of sp³-hybridized carbons (Fsp3) is 0.704. The van der Waals surface area contributed by atoms with Gasteiger partial charge in [-0.3, -0.25) is 9.59 Å². The van der Waals surface area contributed by atoms with E-state index in [0.717, 1.165) is 25.7 Å². The van der Waals surface area contributed by atoms with Crippen LogP contribution >= 0.6 is 0 Å². The summed E-state index contributed by atoms with van der Waals surface area (Å²) in [7, 11) is 0. The third-order valence-corrected chi connectivity index (χ3v) is 5.40.